The van der Waals surface area contributed by atoms with Crippen LogP contribution in [0.3, 0.4) is 0 Å². The number of rotatable bonds is 8. The molecule has 0 aliphatic carbocycles. The minimum Gasteiger partial charge on any atom is -0.507 e. The summed E-state index contributed by atoms with van der Waals surface area (Å²) in [6.07, 6.45) is 0. The highest BCUT2D eigenvalue weighted by molar-refractivity contribution is 6.46. The quantitative estimate of drug-likeness (QED) is 0.222. The van der Waals surface area contributed by atoms with Gasteiger partial charge in [0, 0.05) is 30.8 Å². The highest BCUT2D eigenvalue weighted by atomic mass is 16.6. The number of ketones is 1. The minimum absolute atomic E-state index is 0.0566. The number of hydrogen-bond donors (Lipinski definition) is 1. The van der Waals surface area contributed by atoms with E-state index in [0.29, 0.717) is 17.7 Å². The minimum atomic E-state index is -0.910. The second-order valence-electron chi connectivity index (χ2n) is 7.74. The SMILES string of the molecule is CCN(CC)CCN1C(=O)C(=O)/C(=C(/O)c2ccc(C)cc2)[C@@H]1c1cccc([N+](=O)[O-])c1. The van der Waals surface area contributed by atoms with Gasteiger partial charge in [0.05, 0.1) is 16.5 Å². The molecule has 0 bridgehead atoms. The molecule has 168 valence electrons. The maximum Gasteiger partial charge on any atom is 0.295 e. The van der Waals surface area contributed by atoms with E-state index in [-0.39, 0.29) is 23.6 Å². The number of nitro benzene ring substituents is 1. The van der Waals surface area contributed by atoms with Crippen molar-refractivity contribution in [1.82, 2.24) is 9.80 Å². The molecule has 0 radical (unpaired) electrons. The molecule has 0 unspecified atom stereocenters. The molecular formula is C24H27N3O5. The number of carbonyl (C=O) groups excluding carboxylic acids is 2. The molecule has 8 heteroatoms. The van der Waals surface area contributed by atoms with Crippen LogP contribution in [0.25, 0.3) is 5.76 Å². The van der Waals surface area contributed by atoms with Crippen molar-refractivity contribution in [3.05, 3.63) is 80.9 Å². The van der Waals surface area contributed by atoms with Crippen molar-refractivity contribution in [3.8, 4) is 0 Å². The van der Waals surface area contributed by atoms with Crippen LogP contribution in [0.1, 0.15) is 36.6 Å². The highest BCUT2D eigenvalue weighted by Crippen LogP contribution is 2.40. The van der Waals surface area contributed by atoms with Crippen molar-refractivity contribution in [2.75, 3.05) is 26.2 Å². The zero-order chi connectivity index (χ0) is 23.4. The second-order valence-corrected chi connectivity index (χ2v) is 7.74. The average molecular weight is 437 g/mol. The number of benzene rings is 2. The molecule has 8 nitrogen and oxygen atoms in total. The Morgan fingerprint density at radius 2 is 1.78 bits per heavy atom. The van der Waals surface area contributed by atoms with Crippen LogP contribution < -0.4 is 0 Å². The number of likely N-dealkylation sites (N-methyl/N-ethyl adjacent to an activating group) is 1. The smallest absolute Gasteiger partial charge is 0.295 e. The first-order valence-electron chi connectivity index (χ1n) is 10.6. The van der Waals surface area contributed by atoms with E-state index in [4.69, 9.17) is 0 Å². The lowest BCUT2D eigenvalue weighted by Gasteiger charge is -2.28. The van der Waals surface area contributed by atoms with E-state index in [1.807, 2.05) is 20.8 Å². The summed E-state index contributed by atoms with van der Waals surface area (Å²) in [7, 11) is 0. The summed E-state index contributed by atoms with van der Waals surface area (Å²) in [5, 5.41) is 22.4. The van der Waals surface area contributed by atoms with Crippen LogP contribution in [0.15, 0.2) is 54.1 Å². The van der Waals surface area contributed by atoms with Gasteiger partial charge >= 0.3 is 0 Å². The van der Waals surface area contributed by atoms with Crippen LogP contribution in [-0.2, 0) is 9.59 Å². The Kier molecular flexibility index (Phi) is 7.05. The summed E-state index contributed by atoms with van der Waals surface area (Å²) in [5.41, 5.74) is 1.60. The molecule has 1 saturated heterocycles. The number of aliphatic hydroxyl groups excluding tert-OH is 1. The Balaban J connectivity index is 2.13. The van der Waals surface area contributed by atoms with E-state index >= 15 is 0 Å². The number of carbonyl (C=O) groups is 2. The van der Waals surface area contributed by atoms with Crippen LogP contribution in [0.2, 0.25) is 0 Å². The third kappa shape index (κ3) is 4.55. The summed E-state index contributed by atoms with van der Waals surface area (Å²) in [4.78, 5) is 40.3. The first-order chi connectivity index (χ1) is 15.3. The average Bonchev–Trinajstić information content (AvgIpc) is 3.04. The number of aliphatic hydroxyl groups is 1. The van der Waals surface area contributed by atoms with E-state index in [2.05, 4.69) is 4.90 Å². The summed E-state index contributed by atoms with van der Waals surface area (Å²) < 4.78 is 0. The second kappa shape index (κ2) is 9.74. The fraction of sp³-hybridized carbons (Fsp3) is 0.333. The molecule has 0 saturated carbocycles. The van der Waals surface area contributed by atoms with Crippen molar-refractivity contribution in [3.63, 3.8) is 0 Å². The van der Waals surface area contributed by atoms with Gasteiger partial charge in [-0.05, 0) is 25.6 Å². The van der Waals surface area contributed by atoms with Crippen molar-refractivity contribution >= 4 is 23.1 Å². The maximum absolute atomic E-state index is 13.0. The zero-order valence-corrected chi connectivity index (χ0v) is 18.4. The fourth-order valence-electron chi connectivity index (χ4n) is 3.92. The molecule has 3 rings (SSSR count). The van der Waals surface area contributed by atoms with E-state index < -0.39 is 22.7 Å². The molecule has 1 N–H and O–H groups in total. The number of likely N-dealkylation sites (tertiary alicyclic amines) is 1. The number of amides is 1. The Hall–Kier alpha value is -3.52. The van der Waals surface area contributed by atoms with Gasteiger partial charge in [-0.1, -0.05) is 55.8 Å². The van der Waals surface area contributed by atoms with E-state index in [1.54, 1.807) is 30.3 Å². The fourth-order valence-corrected chi connectivity index (χ4v) is 3.92. The Morgan fingerprint density at radius 3 is 2.38 bits per heavy atom. The van der Waals surface area contributed by atoms with Crippen molar-refractivity contribution in [2.45, 2.75) is 26.8 Å². The molecule has 1 aliphatic heterocycles. The Bertz CT molecular complexity index is 1060. The lowest BCUT2D eigenvalue weighted by molar-refractivity contribution is -0.384. The summed E-state index contributed by atoms with van der Waals surface area (Å²) >= 11 is 0. The van der Waals surface area contributed by atoms with Gasteiger partial charge in [0.15, 0.2) is 0 Å². The molecule has 1 heterocycles. The summed E-state index contributed by atoms with van der Waals surface area (Å²) in [5.74, 6) is -1.80. The standard InChI is InChI=1S/C24H27N3O5/c1-4-25(5-2)13-14-26-21(18-7-6-8-19(15-18)27(31)32)20(23(29)24(26)30)22(28)17-11-9-16(3)10-12-17/h6-12,15,21,28H,4-5,13-14H2,1-3H3/b22-20+/t21-/m0/s1. The lowest BCUT2D eigenvalue weighted by atomic mass is 9.94. The van der Waals surface area contributed by atoms with Crippen LogP contribution in [0.4, 0.5) is 5.69 Å². The Labute approximate surface area is 186 Å². The van der Waals surface area contributed by atoms with E-state index in [0.717, 1.165) is 18.7 Å². The van der Waals surface area contributed by atoms with Gasteiger partial charge < -0.3 is 14.9 Å². The monoisotopic (exact) mass is 437 g/mol. The number of nitro groups is 1. The topological polar surface area (TPSA) is 104 Å². The van der Waals surface area contributed by atoms with Crippen molar-refractivity contribution in [2.24, 2.45) is 0 Å². The Morgan fingerprint density at radius 1 is 1.12 bits per heavy atom. The van der Waals surface area contributed by atoms with E-state index in [1.165, 1.54) is 23.1 Å². The first-order valence-corrected chi connectivity index (χ1v) is 10.6. The van der Waals surface area contributed by atoms with Gasteiger partial charge in [0.2, 0.25) is 0 Å². The molecular weight excluding hydrogens is 410 g/mol. The maximum atomic E-state index is 13.0. The van der Waals surface area contributed by atoms with Gasteiger partial charge in [-0.2, -0.15) is 0 Å². The molecule has 0 aromatic heterocycles. The number of nitrogens with zero attached hydrogens (tertiary/aromatic N) is 3. The van der Waals surface area contributed by atoms with Gasteiger partial charge in [0.1, 0.15) is 5.76 Å². The molecule has 1 atom stereocenters. The van der Waals surface area contributed by atoms with Crippen molar-refractivity contribution in [1.29, 1.82) is 0 Å². The highest BCUT2D eigenvalue weighted by Gasteiger charge is 2.46. The third-order valence-corrected chi connectivity index (χ3v) is 5.81. The van der Waals surface area contributed by atoms with Crippen LogP contribution >= 0.6 is 0 Å². The molecule has 0 spiro atoms. The van der Waals surface area contributed by atoms with Gasteiger partial charge in [-0.3, -0.25) is 19.7 Å². The summed E-state index contributed by atoms with van der Waals surface area (Å²) in [6.45, 7) is 8.27. The van der Waals surface area contributed by atoms with Gasteiger partial charge in [-0.25, -0.2) is 0 Å². The number of Topliss-reactive ketones (excluding diaryl/α,β-unsaturated/α-hetero) is 1. The van der Waals surface area contributed by atoms with Crippen LogP contribution in [0, 0.1) is 17.0 Å². The predicted molar refractivity (Wildman–Crippen MR) is 121 cm³/mol. The molecule has 32 heavy (non-hydrogen) atoms. The molecule has 2 aromatic rings. The first kappa shape index (κ1) is 23.1. The van der Waals surface area contributed by atoms with Crippen LogP contribution in [-0.4, -0.2) is 57.7 Å². The number of aryl methyl sites for hydroxylation is 1. The largest absolute Gasteiger partial charge is 0.507 e. The van der Waals surface area contributed by atoms with Crippen LogP contribution in [0.5, 0.6) is 0 Å². The zero-order valence-electron chi connectivity index (χ0n) is 18.4. The summed E-state index contributed by atoms with van der Waals surface area (Å²) in [6, 6.07) is 11.9. The predicted octanol–water partition coefficient (Wildman–Crippen LogP) is 3.67. The molecule has 1 fully saturated rings. The third-order valence-electron chi connectivity index (χ3n) is 5.81. The molecule has 1 aliphatic rings. The van der Waals surface area contributed by atoms with Gasteiger partial charge in [-0.15, -0.1) is 0 Å². The van der Waals surface area contributed by atoms with Crippen molar-refractivity contribution < 1.29 is 19.6 Å². The normalized spacial score (nSPS) is 17.9. The van der Waals surface area contributed by atoms with Gasteiger partial charge in [0.25, 0.3) is 17.4 Å². The molecule has 1 amide bonds. The lowest BCUT2D eigenvalue weighted by Crippen LogP contribution is -2.38. The number of hydrogen-bond acceptors (Lipinski definition) is 6. The number of non-ortho nitro benzene ring substituents is 1. The van der Waals surface area contributed by atoms with E-state index in [9.17, 15) is 24.8 Å². The molecule has 2 aromatic carbocycles.